The van der Waals surface area contributed by atoms with Crippen molar-refractivity contribution in [2.24, 2.45) is 0 Å². The second-order valence-electron chi connectivity index (χ2n) is 5.71. The summed E-state index contributed by atoms with van der Waals surface area (Å²) >= 11 is 3.98. The second-order valence-corrected chi connectivity index (χ2v) is 7.03. The van der Waals surface area contributed by atoms with E-state index in [1.807, 2.05) is 24.3 Å². The predicted molar refractivity (Wildman–Crippen MR) is 80.7 cm³/mol. The quantitative estimate of drug-likeness (QED) is 0.579. The Morgan fingerprint density at radius 1 is 1.16 bits per heavy atom. The molecule has 19 heavy (non-hydrogen) atoms. The average Bonchev–Trinajstić information content (AvgIpc) is 2.87. The van der Waals surface area contributed by atoms with Crippen molar-refractivity contribution in [2.45, 2.75) is 35.9 Å². The summed E-state index contributed by atoms with van der Waals surface area (Å²) in [6, 6.07) is 8.14. The maximum atomic E-state index is 4.88. The van der Waals surface area contributed by atoms with E-state index in [-0.39, 0.29) is 4.32 Å². The molecule has 1 aromatic heterocycles. The van der Waals surface area contributed by atoms with Crippen molar-refractivity contribution in [3.8, 4) is 0 Å². The molecule has 96 valence electrons. The molecule has 0 spiro atoms. The number of alkyl halides is 1. The van der Waals surface area contributed by atoms with E-state index in [0.29, 0.717) is 11.8 Å². The van der Waals surface area contributed by atoms with Gasteiger partial charge in [-0.25, -0.2) is 9.97 Å². The number of para-hydroxylation sites is 2. The molecular weight excluding hydrogens is 300 g/mol. The zero-order valence-electron chi connectivity index (χ0n) is 10.9. The summed E-state index contributed by atoms with van der Waals surface area (Å²) in [6.07, 6.45) is 2.37. The lowest BCUT2D eigenvalue weighted by Crippen LogP contribution is -2.25. The normalized spacial score (nSPS) is 31.7. The van der Waals surface area contributed by atoms with Crippen LogP contribution in [0.15, 0.2) is 36.4 Å². The van der Waals surface area contributed by atoms with Crippen LogP contribution < -0.4 is 0 Å². The molecule has 4 rings (SSSR count). The van der Waals surface area contributed by atoms with Gasteiger partial charge in [-0.1, -0.05) is 40.2 Å². The van der Waals surface area contributed by atoms with Crippen LogP contribution in [-0.2, 0) is 0 Å². The third-order valence-corrected chi connectivity index (χ3v) is 6.48. The first-order valence-electron chi connectivity index (χ1n) is 6.74. The van der Waals surface area contributed by atoms with Gasteiger partial charge in [-0.2, -0.15) is 0 Å². The van der Waals surface area contributed by atoms with E-state index in [2.05, 4.69) is 29.4 Å². The molecule has 1 unspecified atom stereocenters. The number of nitrogens with zero attached hydrogens (tertiary/aromatic N) is 2. The molecule has 0 radical (unpaired) electrons. The number of fused-ring (bicyclic) bond motifs is 6. The summed E-state index contributed by atoms with van der Waals surface area (Å²) in [4.78, 5) is 9.77. The molecule has 1 saturated carbocycles. The number of benzene rings is 1. The fourth-order valence-electron chi connectivity index (χ4n) is 3.80. The van der Waals surface area contributed by atoms with Gasteiger partial charge in [0.15, 0.2) is 0 Å². The van der Waals surface area contributed by atoms with E-state index in [0.717, 1.165) is 11.0 Å². The SMILES string of the molecule is C=C(C)C1(Br)[C@@H]2CC[C@H]1c1nc3ccccc3nc12. The van der Waals surface area contributed by atoms with Crippen molar-refractivity contribution in [1.29, 1.82) is 0 Å². The van der Waals surface area contributed by atoms with Crippen molar-refractivity contribution >= 4 is 27.0 Å². The molecule has 2 nitrogen and oxygen atoms in total. The fourth-order valence-corrected chi connectivity index (χ4v) is 4.69. The fraction of sp³-hybridized carbons (Fsp3) is 0.375. The van der Waals surface area contributed by atoms with E-state index >= 15 is 0 Å². The van der Waals surface area contributed by atoms with Crippen LogP contribution in [0.1, 0.15) is 43.0 Å². The molecule has 0 amide bonds. The van der Waals surface area contributed by atoms with Gasteiger partial charge in [0, 0.05) is 11.8 Å². The van der Waals surface area contributed by atoms with E-state index in [9.17, 15) is 0 Å². The van der Waals surface area contributed by atoms with Gasteiger partial charge in [-0.3, -0.25) is 0 Å². The number of allylic oxidation sites excluding steroid dienone is 1. The Hall–Kier alpha value is -1.22. The topological polar surface area (TPSA) is 25.8 Å². The summed E-state index contributed by atoms with van der Waals surface area (Å²) in [5, 5.41) is 0. The highest BCUT2D eigenvalue weighted by atomic mass is 79.9. The lowest BCUT2D eigenvalue weighted by Gasteiger charge is -2.27. The van der Waals surface area contributed by atoms with Gasteiger partial charge in [0.1, 0.15) is 0 Å². The van der Waals surface area contributed by atoms with Crippen LogP contribution in [0.4, 0.5) is 0 Å². The number of hydrogen-bond acceptors (Lipinski definition) is 2. The predicted octanol–water partition coefficient (Wildman–Crippen LogP) is 4.31. The largest absolute Gasteiger partial charge is 0.249 e. The Morgan fingerprint density at radius 3 is 2.05 bits per heavy atom. The van der Waals surface area contributed by atoms with Crippen molar-refractivity contribution in [3.05, 3.63) is 47.8 Å². The first-order chi connectivity index (χ1) is 9.12. The van der Waals surface area contributed by atoms with Gasteiger partial charge in [-0.15, -0.1) is 0 Å². The highest BCUT2D eigenvalue weighted by Gasteiger charge is 2.58. The molecule has 2 aliphatic rings. The summed E-state index contributed by atoms with van der Waals surface area (Å²) in [5.74, 6) is 0.865. The molecule has 3 heteroatoms. The third-order valence-electron chi connectivity index (χ3n) is 4.70. The van der Waals surface area contributed by atoms with Crippen LogP contribution in [0, 0.1) is 0 Å². The van der Waals surface area contributed by atoms with Crippen LogP contribution in [0.3, 0.4) is 0 Å². The highest BCUT2D eigenvalue weighted by Crippen LogP contribution is 2.65. The maximum Gasteiger partial charge on any atom is 0.0890 e. The monoisotopic (exact) mass is 314 g/mol. The van der Waals surface area contributed by atoms with Crippen molar-refractivity contribution < 1.29 is 0 Å². The molecule has 2 aromatic rings. The highest BCUT2D eigenvalue weighted by molar-refractivity contribution is 9.10. The smallest absolute Gasteiger partial charge is 0.0890 e. The van der Waals surface area contributed by atoms with E-state index < -0.39 is 0 Å². The number of hydrogen-bond donors (Lipinski definition) is 0. The Bertz CT molecular complexity index is 656. The Balaban J connectivity index is 2.00. The Morgan fingerprint density at radius 2 is 1.63 bits per heavy atom. The van der Waals surface area contributed by atoms with Crippen LogP contribution in [-0.4, -0.2) is 14.3 Å². The van der Waals surface area contributed by atoms with Crippen LogP contribution in [0.2, 0.25) is 0 Å². The lowest BCUT2D eigenvalue weighted by molar-refractivity contribution is 0.622. The minimum absolute atomic E-state index is 0.0211. The maximum absolute atomic E-state index is 4.88. The summed E-state index contributed by atoms with van der Waals surface area (Å²) in [7, 11) is 0. The molecule has 0 saturated heterocycles. The van der Waals surface area contributed by atoms with Gasteiger partial charge >= 0.3 is 0 Å². The Kier molecular flexibility index (Phi) is 2.23. The lowest BCUT2D eigenvalue weighted by atomic mass is 9.89. The molecule has 1 aromatic carbocycles. The number of aromatic nitrogens is 2. The summed E-state index contributed by atoms with van der Waals surface area (Å²) < 4.78 is -0.0211. The minimum atomic E-state index is -0.0211. The van der Waals surface area contributed by atoms with Gasteiger partial charge in [0.05, 0.1) is 26.7 Å². The Labute approximate surface area is 121 Å². The van der Waals surface area contributed by atoms with Crippen molar-refractivity contribution in [3.63, 3.8) is 0 Å². The van der Waals surface area contributed by atoms with Gasteiger partial charge in [0.25, 0.3) is 0 Å². The van der Waals surface area contributed by atoms with Crippen LogP contribution in [0.25, 0.3) is 11.0 Å². The third kappa shape index (κ3) is 1.32. The van der Waals surface area contributed by atoms with E-state index in [1.54, 1.807) is 0 Å². The van der Waals surface area contributed by atoms with E-state index in [1.165, 1.54) is 29.8 Å². The molecular formula is C16H15BrN2. The molecule has 2 bridgehead atoms. The molecule has 1 fully saturated rings. The molecule has 1 heterocycles. The summed E-state index contributed by atoms with van der Waals surface area (Å²) in [6.45, 7) is 6.32. The molecule has 3 atom stereocenters. The molecule has 2 aliphatic carbocycles. The average molecular weight is 315 g/mol. The zero-order valence-corrected chi connectivity index (χ0v) is 12.4. The molecule has 0 N–H and O–H groups in total. The number of halogens is 1. The number of rotatable bonds is 1. The summed E-state index contributed by atoms with van der Waals surface area (Å²) in [5.41, 5.74) is 5.59. The minimum Gasteiger partial charge on any atom is -0.249 e. The van der Waals surface area contributed by atoms with E-state index in [4.69, 9.17) is 9.97 Å². The van der Waals surface area contributed by atoms with Crippen molar-refractivity contribution in [1.82, 2.24) is 9.97 Å². The van der Waals surface area contributed by atoms with Crippen LogP contribution in [0.5, 0.6) is 0 Å². The first-order valence-corrected chi connectivity index (χ1v) is 7.53. The first kappa shape index (κ1) is 11.6. The van der Waals surface area contributed by atoms with Gasteiger partial charge in [0.2, 0.25) is 0 Å². The van der Waals surface area contributed by atoms with Gasteiger partial charge in [-0.05, 0) is 31.9 Å². The standard InChI is InChI=1S/C16H15BrN2/c1-9(2)16(17)10-7-8-11(16)15-14(10)18-12-5-3-4-6-13(12)19-15/h3-6,10-11H,1,7-8H2,2H3/t10-,11+,16?. The molecule has 0 aliphatic heterocycles. The van der Waals surface area contributed by atoms with Gasteiger partial charge < -0.3 is 0 Å². The zero-order chi connectivity index (χ0) is 13.2. The second kappa shape index (κ2) is 3.66. The van der Waals surface area contributed by atoms with Crippen molar-refractivity contribution in [2.75, 3.05) is 0 Å². The van der Waals surface area contributed by atoms with Crippen LogP contribution >= 0.6 is 15.9 Å².